The fourth-order valence-electron chi connectivity index (χ4n) is 5.08. The molecule has 0 unspecified atom stereocenters. The number of carboxylic acids is 1. The lowest BCUT2D eigenvalue weighted by atomic mass is 9.74. The summed E-state index contributed by atoms with van der Waals surface area (Å²) in [7, 11) is 1.87. The average molecular weight is 487 g/mol. The molecule has 1 saturated heterocycles. The minimum atomic E-state index is -0.677. The molecule has 0 aromatic carbocycles. The normalized spacial score (nSPS) is 25.0. The number of nitrogens with zero attached hydrogens (tertiary/aromatic N) is 5. The van der Waals surface area contributed by atoms with Crippen molar-refractivity contribution in [3.05, 3.63) is 41.3 Å². The molecule has 2 heterocycles. The van der Waals surface area contributed by atoms with Gasteiger partial charge in [-0.15, -0.1) is 10.2 Å². The largest absolute Gasteiger partial charge is 0.480 e. The quantitative estimate of drug-likeness (QED) is 0.480. The van der Waals surface area contributed by atoms with Gasteiger partial charge in [0, 0.05) is 13.0 Å². The van der Waals surface area contributed by atoms with Crippen molar-refractivity contribution >= 4 is 5.97 Å². The Kier molecular flexibility index (Phi) is 10.6. The van der Waals surface area contributed by atoms with Gasteiger partial charge < -0.3 is 15.5 Å². The number of fused-ring (bicyclic) bond motifs is 1. The van der Waals surface area contributed by atoms with Gasteiger partial charge in [-0.05, 0) is 68.8 Å². The van der Waals surface area contributed by atoms with Gasteiger partial charge in [0.15, 0.2) is 5.82 Å². The first-order valence-electron chi connectivity index (χ1n) is 13.0. The van der Waals surface area contributed by atoms with Crippen molar-refractivity contribution in [2.24, 2.45) is 11.8 Å². The summed E-state index contributed by atoms with van der Waals surface area (Å²) < 4.78 is 0. The van der Waals surface area contributed by atoms with Crippen LogP contribution in [0.4, 0.5) is 0 Å². The summed E-state index contributed by atoms with van der Waals surface area (Å²) in [5.41, 5.74) is 2.49. The second kappa shape index (κ2) is 13.7. The second-order valence-corrected chi connectivity index (χ2v) is 10.1. The minimum Gasteiger partial charge on any atom is -0.480 e. The van der Waals surface area contributed by atoms with Gasteiger partial charge in [0.1, 0.15) is 6.04 Å². The first-order valence-corrected chi connectivity index (χ1v) is 13.0. The van der Waals surface area contributed by atoms with Crippen LogP contribution in [0.5, 0.6) is 0 Å². The number of likely N-dealkylation sites (N-methyl/N-ethyl adjacent to an activating group) is 1. The van der Waals surface area contributed by atoms with Crippen molar-refractivity contribution in [3.63, 3.8) is 0 Å². The van der Waals surface area contributed by atoms with Crippen LogP contribution in [-0.2, 0) is 11.2 Å². The van der Waals surface area contributed by atoms with E-state index in [1.165, 1.54) is 36.8 Å². The van der Waals surface area contributed by atoms with E-state index in [1.807, 2.05) is 11.9 Å². The lowest BCUT2D eigenvalue weighted by Crippen LogP contribution is -2.48. The highest BCUT2D eigenvalue weighted by molar-refractivity contribution is 5.73. The third-order valence-corrected chi connectivity index (χ3v) is 7.30. The average Bonchev–Trinajstić information content (AvgIpc) is 3.23. The number of carboxylic acid groups (broad SMARTS) is 1. The van der Waals surface area contributed by atoms with E-state index in [9.17, 15) is 4.79 Å². The van der Waals surface area contributed by atoms with Crippen molar-refractivity contribution in [1.82, 2.24) is 30.4 Å². The lowest BCUT2D eigenvalue weighted by molar-refractivity contribution is -0.141. The molecule has 4 atom stereocenters. The van der Waals surface area contributed by atoms with E-state index in [0.29, 0.717) is 18.9 Å². The van der Waals surface area contributed by atoms with Crippen molar-refractivity contribution in [2.75, 3.05) is 26.9 Å². The smallest absolute Gasteiger partial charge is 0.320 e. The lowest BCUT2D eigenvalue weighted by Gasteiger charge is -2.38. The number of carbonyl (C=O) groups is 1. The summed E-state index contributed by atoms with van der Waals surface area (Å²) in [6.45, 7) is 5.84. The fourth-order valence-corrected chi connectivity index (χ4v) is 5.08. The Labute approximate surface area is 209 Å². The maximum absolute atomic E-state index is 10.8. The number of aromatic nitrogens is 4. The number of hydrogen-bond donors (Lipinski definition) is 3. The number of aliphatic hydroxyl groups is 1. The van der Waals surface area contributed by atoms with Crippen LogP contribution in [0.2, 0.25) is 0 Å². The standard InChI is InChI=1S/C16H25N5O.C10H17NO2/c1-4-15(11-20(3)12-22)21-18-16(17-19-21)10-14-7-5-6-13(2)8-9-14;12-10(13)9-5-7-3-1-2-4-8(7)6-11-9/h6-9,15,22H,4-5,10-12H2,1-3H3;7-9,11H,1-6H2,(H,12,13)/t15-;7-,8+,9+/m01/s1. The van der Waals surface area contributed by atoms with Gasteiger partial charge in [0.05, 0.1) is 12.8 Å². The van der Waals surface area contributed by atoms with Crippen LogP contribution in [-0.4, -0.2) is 74.2 Å². The molecule has 1 aromatic rings. The van der Waals surface area contributed by atoms with Crippen molar-refractivity contribution in [2.45, 2.75) is 77.3 Å². The van der Waals surface area contributed by atoms with Crippen molar-refractivity contribution in [1.29, 1.82) is 0 Å². The number of aliphatic carboxylic acids is 1. The first-order chi connectivity index (χ1) is 16.9. The Morgan fingerprint density at radius 1 is 1.26 bits per heavy atom. The Morgan fingerprint density at radius 3 is 2.74 bits per heavy atom. The summed E-state index contributed by atoms with van der Waals surface area (Å²) >= 11 is 0. The van der Waals surface area contributed by atoms with Gasteiger partial charge >= 0.3 is 5.97 Å². The number of hydrogen-bond acceptors (Lipinski definition) is 7. The number of allylic oxidation sites excluding steroid dienone is 6. The van der Waals surface area contributed by atoms with Crippen molar-refractivity contribution < 1.29 is 15.0 Å². The Balaban J connectivity index is 0.000000223. The van der Waals surface area contributed by atoms with E-state index >= 15 is 0 Å². The second-order valence-electron chi connectivity index (χ2n) is 10.1. The molecule has 1 aromatic heterocycles. The SMILES string of the molecule is CC[C@@H](CN(C)CO)n1nnc(CC2=CCC=C(C)C=C2)n1.O=C(O)[C@@H]1C[C@H]2CCCC[C@H]2CN1. The molecule has 9 nitrogen and oxygen atoms in total. The van der Waals surface area contributed by atoms with Gasteiger partial charge in [-0.1, -0.05) is 56.1 Å². The summed E-state index contributed by atoms with van der Waals surface area (Å²) in [6.07, 6.45) is 17.2. The molecular weight excluding hydrogens is 444 g/mol. The topological polar surface area (TPSA) is 116 Å². The molecule has 1 saturated carbocycles. The minimum absolute atomic E-state index is 0.0298. The molecule has 3 N–H and O–H groups in total. The number of piperidine rings is 1. The molecule has 0 radical (unpaired) electrons. The van der Waals surface area contributed by atoms with Crippen LogP contribution >= 0.6 is 0 Å². The molecule has 0 amide bonds. The molecule has 35 heavy (non-hydrogen) atoms. The molecule has 9 heteroatoms. The summed E-state index contributed by atoms with van der Waals surface area (Å²) in [6, 6.07) is -0.152. The Bertz CT molecular complexity index is 909. The number of nitrogens with one attached hydrogen (secondary N) is 1. The van der Waals surface area contributed by atoms with Crippen LogP contribution in [0.15, 0.2) is 35.5 Å². The van der Waals surface area contributed by atoms with Gasteiger partial charge in [-0.3, -0.25) is 9.69 Å². The van der Waals surface area contributed by atoms with E-state index in [0.717, 1.165) is 37.5 Å². The van der Waals surface area contributed by atoms with Crippen LogP contribution in [0.1, 0.15) is 70.7 Å². The molecule has 0 spiro atoms. The summed E-state index contributed by atoms with van der Waals surface area (Å²) in [4.78, 5) is 14.3. The number of rotatable bonds is 8. The predicted molar refractivity (Wildman–Crippen MR) is 136 cm³/mol. The molecule has 2 aliphatic carbocycles. The molecule has 2 fully saturated rings. The monoisotopic (exact) mass is 486 g/mol. The zero-order valence-corrected chi connectivity index (χ0v) is 21.4. The molecular formula is C26H42N6O3. The van der Waals surface area contributed by atoms with E-state index in [2.05, 4.69) is 58.9 Å². The van der Waals surface area contributed by atoms with E-state index in [-0.39, 0.29) is 18.8 Å². The molecule has 4 rings (SSSR count). The maximum atomic E-state index is 10.8. The summed E-state index contributed by atoms with van der Waals surface area (Å²) in [5, 5.41) is 34.0. The predicted octanol–water partition coefficient (Wildman–Crippen LogP) is 3.12. The molecule has 3 aliphatic rings. The number of aliphatic hydroxyl groups excluding tert-OH is 1. The van der Waals surface area contributed by atoms with Crippen LogP contribution in [0, 0.1) is 11.8 Å². The zero-order valence-electron chi connectivity index (χ0n) is 21.4. The van der Waals surface area contributed by atoms with Gasteiger partial charge in [-0.25, -0.2) is 0 Å². The summed E-state index contributed by atoms with van der Waals surface area (Å²) in [5.74, 6) is 1.49. The van der Waals surface area contributed by atoms with Gasteiger partial charge in [0.25, 0.3) is 0 Å². The van der Waals surface area contributed by atoms with Crippen LogP contribution in [0.3, 0.4) is 0 Å². The fraction of sp³-hybridized carbons (Fsp3) is 0.692. The highest BCUT2D eigenvalue weighted by atomic mass is 16.4. The molecule has 1 aliphatic heterocycles. The highest BCUT2D eigenvalue weighted by Crippen LogP contribution is 2.35. The molecule has 194 valence electrons. The Morgan fingerprint density at radius 2 is 2.03 bits per heavy atom. The third kappa shape index (κ3) is 8.37. The Hall–Kier alpha value is -2.36. The van der Waals surface area contributed by atoms with Gasteiger partial charge in [0.2, 0.25) is 0 Å². The highest BCUT2D eigenvalue weighted by Gasteiger charge is 2.34. The molecule has 0 bridgehead atoms. The maximum Gasteiger partial charge on any atom is 0.320 e. The zero-order chi connectivity index (χ0) is 25.2. The third-order valence-electron chi connectivity index (χ3n) is 7.30. The van der Waals surface area contributed by atoms with Crippen LogP contribution < -0.4 is 5.32 Å². The van der Waals surface area contributed by atoms with Crippen molar-refractivity contribution in [3.8, 4) is 0 Å². The van der Waals surface area contributed by atoms with E-state index < -0.39 is 5.97 Å². The first kappa shape index (κ1) is 27.2. The van der Waals surface area contributed by atoms with E-state index in [4.69, 9.17) is 10.2 Å². The van der Waals surface area contributed by atoms with Gasteiger partial charge in [-0.2, -0.15) is 4.80 Å². The van der Waals surface area contributed by atoms with Crippen LogP contribution in [0.25, 0.3) is 0 Å². The number of tetrazole rings is 1. The van der Waals surface area contributed by atoms with E-state index in [1.54, 1.807) is 4.80 Å².